The van der Waals surface area contributed by atoms with E-state index < -0.39 is 0 Å². The Balaban J connectivity index is 1.29. The lowest BCUT2D eigenvalue weighted by Crippen LogP contribution is -2.48. The maximum Gasteiger partial charge on any atom is 0.222 e. The van der Waals surface area contributed by atoms with E-state index in [2.05, 4.69) is 41.8 Å². The minimum absolute atomic E-state index is 0.187. The Morgan fingerprint density at radius 3 is 2.56 bits per heavy atom. The second kappa shape index (κ2) is 7.95. The van der Waals surface area contributed by atoms with Crippen LogP contribution in [0.25, 0.3) is 0 Å². The highest BCUT2D eigenvalue weighted by atomic mass is 16.5. The number of carbonyl (C=O) groups is 1. The topological polar surface area (TPSA) is 91.7 Å². The van der Waals surface area contributed by atoms with Gasteiger partial charge in [0.15, 0.2) is 0 Å². The summed E-state index contributed by atoms with van der Waals surface area (Å²) in [5.74, 6) is 3.76. The number of carbonyl (C=O) groups excluding carboxylic acids is 1. The SMILES string of the molecule is CC1CC(C)C2C(CC(=O)N3CCC(C4NNC(N)N4)CC3)COC2C1C. The molecule has 4 fully saturated rings. The molecule has 154 valence electrons. The second-order valence-corrected chi connectivity index (χ2v) is 9.52. The van der Waals surface area contributed by atoms with Gasteiger partial charge in [-0.1, -0.05) is 20.8 Å². The Morgan fingerprint density at radius 1 is 1.15 bits per heavy atom. The van der Waals surface area contributed by atoms with Crippen LogP contribution in [-0.4, -0.2) is 49.1 Å². The third kappa shape index (κ3) is 3.90. The predicted molar refractivity (Wildman–Crippen MR) is 104 cm³/mol. The van der Waals surface area contributed by atoms with Crippen LogP contribution >= 0.6 is 0 Å². The molecule has 3 heterocycles. The van der Waals surface area contributed by atoms with Crippen LogP contribution in [-0.2, 0) is 9.53 Å². The van der Waals surface area contributed by atoms with Crippen LogP contribution in [0.1, 0.15) is 46.5 Å². The fourth-order valence-electron chi connectivity index (χ4n) is 6.04. The van der Waals surface area contributed by atoms with Gasteiger partial charge in [0, 0.05) is 19.5 Å². The number of nitrogens with zero attached hydrogens (tertiary/aromatic N) is 1. The molecule has 4 rings (SSSR count). The van der Waals surface area contributed by atoms with Gasteiger partial charge in [0.2, 0.25) is 5.91 Å². The smallest absolute Gasteiger partial charge is 0.222 e. The summed E-state index contributed by atoms with van der Waals surface area (Å²) in [4.78, 5) is 15.0. The summed E-state index contributed by atoms with van der Waals surface area (Å²) in [5, 5.41) is 3.31. The van der Waals surface area contributed by atoms with Crippen LogP contribution in [0, 0.1) is 35.5 Å². The molecule has 0 aromatic rings. The van der Waals surface area contributed by atoms with Gasteiger partial charge >= 0.3 is 0 Å². The zero-order valence-corrected chi connectivity index (χ0v) is 17.0. The molecule has 1 saturated carbocycles. The number of hydrogen-bond acceptors (Lipinski definition) is 6. The maximum atomic E-state index is 13.0. The molecule has 3 aliphatic heterocycles. The lowest BCUT2D eigenvalue weighted by atomic mass is 9.65. The fourth-order valence-corrected chi connectivity index (χ4v) is 6.04. The van der Waals surface area contributed by atoms with Gasteiger partial charge in [0.1, 0.15) is 6.29 Å². The molecule has 1 aliphatic carbocycles. The number of fused-ring (bicyclic) bond motifs is 1. The number of rotatable bonds is 3. The van der Waals surface area contributed by atoms with E-state index in [4.69, 9.17) is 10.5 Å². The lowest BCUT2D eigenvalue weighted by molar-refractivity contribution is -0.134. The van der Waals surface area contributed by atoms with Crippen molar-refractivity contribution in [2.24, 2.45) is 41.2 Å². The molecule has 7 nitrogen and oxygen atoms in total. The van der Waals surface area contributed by atoms with Crippen LogP contribution in [0.2, 0.25) is 0 Å². The van der Waals surface area contributed by atoms with E-state index >= 15 is 0 Å². The van der Waals surface area contributed by atoms with E-state index in [-0.39, 0.29) is 12.5 Å². The van der Waals surface area contributed by atoms with Crippen molar-refractivity contribution in [3.63, 3.8) is 0 Å². The van der Waals surface area contributed by atoms with Crippen molar-refractivity contribution in [2.45, 2.75) is 65.0 Å². The number of amides is 1. The average Bonchev–Trinajstić information content (AvgIpc) is 3.27. The molecule has 4 aliphatic rings. The van der Waals surface area contributed by atoms with Crippen LogP contribution in [0.15, 0.2) is 0 Å². The summed E-state index contributed by atoms with van der Waals surface area (Å²) in [6.45, 7) is 9.50. The van der Waals surface area contributed by atoms with Crippen molar-refractivity contribution in [3.8, 4) is 0 Å². The maximum absolute atomic E-state index is 13.0. The van der Waals surface area contributed by atoms with Gasteiger partial charge in [-0.2, -0.15) is 0 Å². The summed E-state index contributed by atoms with van der Waals surface area (Å²) in [5.41, 5.74) is 12.0. The molecule has 8 unspecified atom stereocenters. The minimum Gasteiger partial charge on any atom is -0.377 e. The Hall–Kier alpha value is -0.730. The summed E-state index contributed by atoms with van der Waals surface area (Å²) in [6, 6.07) is 0. The third-order valence-electron chi connectivity index (χ3n) is 7.80. The number of likely N-dealkylation sites (tertiary alicyclic amines) is 1. The van der Waals surface area contributed by atoms with Gasteiger partial charge in [0.25, 0.3) is 0 Å². The number of hydrogen-bond donors (Lipinski definition) is 4. The van der Waals surface area contributed by atoms with Gasteiger partial charge in [-0.3, -0.25) is 10.1 Å². The van der Waals surface area contributed by atoms with Crippen molar-refractivity contribution in [1.82, 2.24) is 21.1 Å². The van der Waals surface area contributed by atoms with E-state index in [0.717, 1.165) is 38.5 Å². The van der Waals surface area contributed by atoms with Crippen LogP contribution in [0.3, 0.4) is 0 Å². The molecule has 0 aromatic carbocycles. The zero-order chi connectivity index (χ0) is 19.1. The van der Waals surface area contributed by atoms with Gasteiger partial charge in [-0.05, 0) is 54.8 Å². The fraction of sp³-hybridized carbons (Fsp3) is 0.950. The number of nitrogens with two attached hydrogens (primary N) is 1. The highest BCUT2D eigenvalue weighted by molar-refractivity contribution is 5.76. The first-order chi connectivity index (χ1) is 12.9. The number of hydrazine groups is 1. The molecule has 0 bridgehead atoms. The molecule has 7 heteroatoms. The standard InChI is InChI=1S/C20H37N5O2/c1-11-8-12(2)17-15(10-27-18(17)13(11)3)9-16(26)25-6-4-14(5-7-25)19-22-20(21)24-23-19/h11-15,17-20,22-24H,4-10,21H2,1-3H3. The van der Waals surface area contributed by atoms with E-state index in [9.17, 15) is 4.79 Å². The van der Waals surface area contributed by atoms with Crippen molar-refractivity contribution in [1.29, 1.82) is 0 Å². The second-order valence-electron chi connectivity index (χ2n) is 9.52. The van der Waals surface area contributed by atoms with E-state index in [1.165, 1.54) is 6.42 Å². The monoisotopic (exact) mass is 379 g/mol. The van der Waals surface area contributed by atoms with E-state index in [1.54, 1.807) is 0 Å². The van der Waals surface area contributed by atoms with Crippen molar-refractivity contribution >= 4 is 5.91 Å². The quantitative estimate of drug-likeness (QED) is 0.580. The van der Waals surface area contributed by atoms with Gasteiger partial charge < -0.3 is 15.4 Å². The summed E-state index contributed by atoms with van der Waals surface area (Å²) in [7, 11) is 0. The molecule has 3 saturated heterocycles. The predicted octanol–water partition coefficient (Wildman–Crippen LogP) is 0.824. The van der Waals surface area contributed by atoms with Crippen LogP contribution < -0.4 is 21.9 Å². The number of ether oxygens (including phenoxy) is 1. The molecule has 0 spiro atoms. The number of nitrogens with one attached hydrogen (secondary N) is 3. The normalized spacial score (nSPS) is 45.9. The lowest BCUT2D eigenvalue weighted by Gasteiger charge is -2.41. The third-order valence-corrected chi connectivity index (χ3v) is 7.80. The van der Waals surface area contributed by atoms with Crippen molar-refractivity contribution in [2.75, 3.05) is 19.7 Å². The Labute approximate surface area is 163 Å². The van der Waals surface area contributed by atoms with Crippen LogP contribution in [0.4, 0.5) is 0 Å². The molecule has 27 heavy (non-hydrogen) atoms. The molecule has 0 aromatic heterocycles. The summed E-state index contributed by atoms with van der Waals surface area (Å²) >= 11 is 0. The Kier molecular flexibility index (Phi) is 5.77. The largest absolute Gasteiger partial charge is 0.377 e. The van der Waals surface area contributed by atoms with Crippen LogP contribution in [0.5, 0.6) is 0 Å². The highest BCUT2D eigenvalue weighted by Crippen LogP contribution is 2.47. The minimum atomic E-state index is -0.187. The van der Waals surface area contributed by atoms with Gasteiger partial charge in [-0.15, -0.1) is 0 Å². The summed E-state index contributed by atoms with van der Waals surface area (Å²) < 4.78 is 6.20. The Bertz CT molecular complexity index is 538. The average molecular weight is 380 g/mol. The molecular formula is C20H37N5O2. The Morgan fingerprint density at radius 2 is 1.89 bits per heavy atom. The van der Waals surface area contributed by atoms with Crippen molar-refractivity contribution < 1.29 is 9.53 Å². The summed E-state index contributed by atoms with van der Waals surface area (Å²) in [6.07, 6.45) is 4.32. The molecular weight excluding hydrogens is 342 g/mol. The highest BCUT2D eigenvalue weighted by Gasteiger charge is 2.48. The van der Waals surface area contributed by atoms with E-state index in [1.807, 2.05) is 0 Å². The van der Waals surface area contributed by atoms with Crippen molar-refractivity contribution in [3.05, 3.63) is 0 Å². The first-order valence-electron chi connectivity index (χ1n) is 10.9. The van der Waals surface area contributed by atoms with Gasteiger partial charge in [0.05, 0.1) is 18.9 Å². The van der Waals surface area contributed by atoms with E-state index in [0.29, 0.717) is 48.0 Å². The first kappa shape index (κ1) is 19.6. The first-order valence-corrected chi connectivity index (χ1v) is 10.9. The molecule has 0 radical (unpaired) electrons. The molecule has 5 N–H and O–H groups in total. The molecule has 1 amide bonds. The zero-order valence-electron chi connectivity index (χ0n) is 17.0. The number of piperidine rings is 1. The molecule has 8 atom stereocenters. The van der Waals surface area contributed by atoms with Gasteiger partial charge in [-0.25, -0.2) is 10.9 Å².